The number of anilines is 1. The molecule has 0 aromatic heterocycles. The predicted octanol–water partition coefficient (Wildman–Crippen LogP) is -0.0805. The van der Waals surface area contributed by atoms with Crippen molar-refractivity contribution < 1.29 is 19.1 Å². The van der Waals surface area contributed by atoms with Gasteiger partial charge in [-0.05, 0) is 12.1 Å². The second-order valence-corrected chi connectivity index (χ2v) is 2.96. The first-order valence-electron chi connectivity index (χ1n) is 4.44. The number of methoxy groups -OCH3 is 1. The second-order valence-electron chi connectivity index (χ2n) is 2.96. The number of carbonyl (C=O) groups excluding carboxylic acids is 2. The lowest BCUT2D eigenvalue weighted by Crippen LogP contribution is -2.21. The zero-order valence-electron chi connectivity index (χ0n) is 8.73. The van der Waals surface area contributed by atoms with Crippen LogP contribution in [0.25, 0.3) is 0 Å². The Morgan fingerprint density at radius 3 is 2.62 bits per heavy atom. The molecule has 0 unspecified atom stereocenters. The van der Waals surface area contributed by atoms with E-state index >= 15 is 0 Å². The Balaban J connectivity index is 2.87. The van der Waals surface area contributed by atoms with Crippen molar-refractivity contribution in [3.05, 3.63) is 23.8 Å². The van der Waals surface area contributed by atoms with E-state index in [0.717, 1.165) is 0 Å². The molecule has 0 bridgehead atoms. The van der Waals surface area contributed by atoms with Crippen molar-refractivity contribution in [1.82, 2.24) is 0 Å². The number of hydrogen-bond donors (Lipinski definition) is 2. The normalized spacial score (nSPS) is 9.56. The summed E-state index contributed by atoms with van der Waals surface area (Å²) in [6.45, 7) is -0.477. The number of para-hydroxylation sites is 1. The Bertz CT molecular complexity index is 417. The Morgan fingerprint density at radius 2 is 2.06 bits per heavy atom. The number of esters is 1. The molecule has 0 atom stereocenters. The van der Waals surface area contributed by atoms with Gasteiger partial charge in [0.2, 0.25) is 0 Å². The van der Waals surface area contributed by atoms with Crippen LogP contribution in [0.2, 0.25) is 0 Å². The maximum Gasteiger partial charge on any atom is 0.340 e. The molecule has 4 N–H and O–H groups in total. The average molecular weight is 224 g/mol. The van der Waals surface area contributed by atoms with Gasteiger partial charge in [0, 0.05) is 0 Å². The van der Waals surface area contributed by atoms with Crippen molar-refractivity contribution >= 4 is 17.6 Å². The summed E-state index contributed by atoms with van der Waals surface area (Å²) in [5.74, 6) is -1.07. The molecular weight excluding hydrogens is 212 g/mol. The molecule has 1 aromatic carbocycles. The van der Waals surface area contributed by atoms with Gasteiger partial charge in [-0.2, -0.15) is 0 Å². The van der Waals surface area contributed by atoms with Crippen molar-refractivity contribution in [3.8, 4) is 5.75 Å². The van der Waals surface area contributed by atoms with Crippen molar-refractivity contribution in [1.29, 1.82) is 0 Å². The molecule has 6 heteroatoms. The van der Waals surface area contributed by atoms with Gasteiger partial charge in [-0.15, -0.1) is 0 Å². The third kappa shape index (κ3) is 2.63. The number of rotatable bonds is 4. The van der Waals surface area contributed by atoms with E-state index in [-0.39, 0.29) is 11.3 Å². The summed E-state index contributed by atoms with van der Waals surface area (Å²) in [5, 5.41) is 0. The van der Waals surface area contributed by atoms with Crippen LogP contribution in [0, 0.1) is 0 Å². The number of nitrogens with two attached hydrogens (primary N) is 2. The average Bonchev–Trinajstić information content (AvgIpc) is 2.26. The van der Waals surface area contributed by atoms with Crippen molar-refractivity contribution in [2.75, 3.05) is 19.5 Å². The molecule has 1 rings (SSSR count). The van der Waals surface area contributed by atoms with Crippen LogP contribution < -0.4 is 16.2 Å². The summed E-state index contributed by atoms with van der Waals surface area (Å²) < 4.78 is 9.56. The van der Waals surface area contributed by atoms with Crippen LogP contribution in [-0.4, -0.2) is 25.6 Å². The minimum absolute atomic E-state index is 0.139. The monoisotopic (exact) mass is 224 g/mol. The Hall–Kier alpha value is -2.24. The molecule has 16 heavy (non-hydrogen) atoms. The van der Waals surface area contributed by atoms with Gasteiger partial charge < -0.3 is 20.9 Å². The van der Waals surface area contributed by atoms with E-state index in [1.807, 2.05) is 0 Å². The maximum absolute atomic E-state index is 11.5. The van der Waals surface area contributed by atoms with Crippen LogP contribution in [0.4, 0.5) is 5.69 Å². The summed E-state index contributed by atoms with van der Waals surface area (Å²) in [7, 11) is 1.43. The molecule has 0 radical (unpaired) electrons. The SMILES string of the molecule is COc1cccc(C(=O)OCC(N)=O)c1N. The number of amides is 1. The first-order chi connectivity index (χ1) is 7.56. The number of ether oxygens (including phenoxy) is 2. The van der Waals surface area contributed by atoms with Crippen LogP contribution in [0.5, 0.6) is 5.75 Å². The predicted molar refractivity (Wildman–Crippen MR) is 56.9 cm³/mol. The highest BCUT2D eigenvalue weighted by Crippen LogP contribution is 2.25. The van der Waals surface area contributed by atoms with Gasteiger partial charge in [-0.1, -0.05) is 6.07 Å². The van der Waals surface area contributed by atoms with Crippen LogP contribution in [0.1, 0.15) is 10.4 Å². The molecule has 0 aliphatic carbocycles. The smallest absolute Gasteiger partial charge is 0.340 e. The lowest BCUT2D eigenvalue weighted by atomic mass is 10.1. The molecule has 1 amide bonds. The van der Waals surface area contributed by atoms with E-state index in [4.69, 9.17) is 16.2 Å². The maximum atomic E-state index is 11.5. The molecule has 86 valence electrons. The molecule has 0 saturated heterocycles. The summed E-state index contributed by atoms with van der Waals surface area (Å²) in [5.41, 5.74) is 10.8. The number of primary amides is 1. The van der Waals surface area contributed by atoms with Gasteiger partial charge in [0.15, 0.2) is 6.61 Å². The van der Waals surface area contributed by atoms with Crippen LogP contribution in [0.3, 0.4) is 0 Å². The molecule has 0 spiro atoms. The van der Waals surface area contributed by atoms with Gasteiger partial charge in [0.1, 0.15) is 5.75 Å². The third-order valence-electron chi connectivity index (χ3n) is 1.85. The number of benzene rings is 1. The fourth-order valence-electron chi connectivity index (χ4n) is 1.11. The molecule has 6 nitrogen and oxygen atoms in total. The number of carbonyl (C=O) groups is 2. The standard InChI is InChI=1S/C10H12N2O4/c1-15-7-4-2-3-6(9(7)12)10(14)16-5-8(11)13/h2-4H,5,12H2,1H3,(H2,11,13). The lowest BCUT2D eigenvalue weighted by molar-refractivity contribution is -0.121. The Morgan fingerprint density at radius 1 is 1.38 bits per heavy atom. The highest BCUT2D eigenvalue weighted by atomic mass is 16.5. The number of nitrogen functional groups attached to an aromatic ring is 1. The Kier molecular flexibility index (Phi) is 3.71. The van der Waals surface area contributed by atoms with E-state index in [0.29, 0.717) is 5.75 Å². The summed E-state index contributed by atoms with van der Waals surface area (Å²) in [6.07, 6.45) is 0. The minimum Gasteiger partial charge on any atom is -0.495 e. The number of hydrogen-bond acceptors (Lipinski definition) is 5. The molecule has 0 aliphatic heterocycles. The molecular formula is C10H12N2O4. The molecule has 0 aliphatic rings. The van der Waals surface area contributed by atoms with E-state index in [1.165, 1.54) is 13.2 Å². The summed E-state index contributed by atoms with van der Waals surface area (Å²) in [6, 6.07) is 4.68. The van der Waals surface area contributed by atoms with Gasteiger partial charge in [0.05, 0.1) is 18.4 Å². The fourth-order valence-corrected chi connectivity index (χ4v) is 1.11. The molecule has 0 heterocycles. The van der Waals surface area contributed by atoms with E-state index in [2.05, 4.69) is 4.74 Å². The largest absolute Gasteiger partial charge is 0.495 e. The van der Waals surface area contributed by atoms with Crippen LogP contribution >= 0.6 is 0 Å². The van der Waals surface area contributed by atoms with Crippen LogP contribution in [0.15, 0.2) is 18.2 Å². The highest BCUT2D eigenvalue weighted by molar-refractivity contribution is 5.97. The quantitative estimate of drug-likeness (QED) is 0.549. The van der Waals surface area contributed by atoms with Gasteiger partial charge >= 0.3 is 5.97 Å². The lowest BCUT2D eigenvalue weighted by Gasteiger charge is -2.08. The Labute approximate surface area is 92.1 Å². The van der Waals surface area contributed by atoms with Crippen LogP contribution in [-0.2, 0) is 9.53 Å². The minimum atomic E-state index is -0.727. The van der Waals surface area contributed by atoms with E-state index in [1.54, 1.807) is 12.1 Å². The van der Waals surface area contributed by atoms with E-state index < -0.39 is 18.5 Å². The topological polar surface area (TPSA) is 105 Å². The highest BCUT2D eigenvalue weighted by Gasteiger charge is 2.14. The van der Waals surface area contributed by atoms with Gasteiger partial charge in [-0.3, -0.25) is 4.79 Å². The van der Waals surface area contributed by atoms with Crippen molar-refractivity contribution in [3.63, 3.8) is 0 Å². The van der Waals surface area contributed by atoms with Crippen molar-refractivity contribution in [2.24, 2.45) is 5.73 Å². The van der Waals surface area contributed by atoms with E-state index in [9.17, 15) is 9.59 Å². The third-order valence-corrected chi connectivity index (χ3v) is 1.85. The van der Waals surface area contributed by atoms with Gasteiger partial charge in [0.25, 0.3) is 5.91 Å². The zero-order valence-corrected chi connectivity index (χ0v) is 8.73. The van der Waals surface area contributed by atoms with Gasteiger partial charge in [-0.25, -0.2) is 4.79 Å². The summed E-state index contributed by atoms with van der Waals surface area (Å²) in [4.78, 5) is 21.9. The molecule has 1 aromatic rings. The molecule has 0 fully saturated rings. The second kappa shape index (κ2) is 5.01. The fraction of sp³-hybridized carbons (Fsp3) is 0.200. The molecule has 0 saturated carbocycles. The zero-order chi connectivity index (χ0) is 12.1. The first kappa shape index (κ1) is 11.8. The first-order valence-corrected chi connectivity index (χ1v) is 4.44. The summed E-state index contributed by atoms with van der Waals surface area (Å²) >= 11 is 0. The van der Waals surface area contributed by atoms with Crippen molar-refractivity contribution in [2.45, 2.75) is 0 Å².